The van der Waals surface area contributed by atoms with E-state index in [9.17, 15) is 14.4 Å². The molecule has 25 heavy (non-hydrogen) atoms. The maximum Gasteiger partial charge on any atom is 0.339 e. The second-order valence-electron chi connectivity index (χ2n) is 4.68. The normalized spacial score (nSPS) is 10.2. The van der Waals surface area contributed by atoms with Gasteiger partial charge in [-0.25, -0.2) is 14.6 Å². The lowest BCUT2D eigenvalue weighted by Gasteiger charge is -2.10. The first-order chi connectivity index (χ1) is 11.9. The lowest BCUT2D eigenvalue weighted by molar-refractivity contribution is -0.113. The second-order valence-corrected chi connectivity index (χ2v) is 6.08. The second kappa shape index (κ2) is 8.50. The Bertz CT molecular complexity index is 828. The highest BCUT2D eigenvalue weighted by Gasteiger charge is 2.16. The zero-order chi connectivity index (χ0) is 18.4. The molecule has 1 aromatic heterocycles. The third-order valence-corrected chi connectivity index (χ3v) is 4.24. The van der Waals surface area contributed by atoms with Crippen molar-refractivity contribution in [2.45, 2.75) is 5.03 Å². The summed E-state index contributed by atoms with van der Waals surface area (Å²) < 4.78 is 4.66. The van der Waals surface area contributed by atoms with Crippen LogP contribution in [0.25, 0.3) is 0 Å². The van der Waals surface area contributed by atoms with E-state index < -0.39 is 17.8 Å². The van der Waals surface area contributed by atoms with Gasteiger partial charge < -0.3 is 15.2 Å². The molecule has 1 aromatic carbocycles. The van der Waals surface area contributed by atoms with E-state index in [1.54, 1.807) is 0 Å². The molecule has 2 aromatic rings. The van der Waals surface area contributed by atoms with Gasteiger partial charge in [-0.2, -0.15) is 0 Å². The number of ether oxygens (including phenoxy) is 1. The summed E-state index contributed by atoms with van der Waals surface area (Å²) in [5.74, 6) is -2.28. The van der Waals surface area contributed by atoms with Crippen molar-refractivity contribution in [1.82, 2.24) is 4.98 Å². The zero-order valence-electron chi connectivity index (χ0n) is 13.0. The quantitative estimate of drug-likeness (QED) is 0.586. The van der Waals surface area contributed by atoms with E-state index in [-0.39, 0.29) is 27.6 Å². The predicted octanol–water partition coefficient (Wildman–Crippen LogP) is 2.95. The zero-order valence-corrected chi connectivity index (χ0v) is 14.6. The number of thioether (sulfide) groups is 1. The number of esters is 1. The van der Waals surface area contributed by atoms with Gasteiger partial charge in [0.1, 0.15) is 5.03 Å². The molecular weight excluding hydrogens is 368 g/mol. The number of nitrogens with one attached hydrogen (secondary N) is 1. The summed E-state index contributed by atoms with van der Waals surface area (Å²) in [6.07, 6.45) is 1.44. The average Bonchev–Trinajstić information content (AvgIpc) is 2.59. The van der Waals surface area contributed by atoms with E-state index in [1.807, 2.05) is 0 Å². The smallest absolute Gasteiger partial charge is 0.339 e. The number of carbonyl (C=O) groups is 3. The molecule has 0 bridgehead atoms. The highest BCUT2D eigenvalue weighted by atomic mass is 35.5. The fourth-order valence-corrected chi connectivity index (χ4v) is 2.85. The molecule has 1 amide bonds. The van der Waals surface area contributed by atoms with Crippen LogP contribution in [0.15, 0.2) is 41.6 Å². The van der Waals surface area contributed by atoms with Gasteiger partial charge in [0.15, 0.2) is 0 Å². The maximum atomic E-state index is 12.1. The number of rotatable bonds is 6. The minimum atomic E-state index is -1.13. The van der Waals surface area contributed by atoms with Crippen LogP contribution in [0.5, 0.6) is 0 Å². The van der Waals surface area contributed by atoms with Crippen LogP contribution in [0.3, 0.4) is 0 Å². The summed E-state index contributed by atoms with van der Waals surface area (Å²) in [5.41, 5.74) is 0.386. The summed E-state index contributed by atoms with van der Waals surface area (Å²) in [6.45, 7) is 0. The fourth-order valence-electron chi connectivity index (χ4n) is 1.90. The molecule has 0 fully saturated rings. The molecule has 0 aliphatic rings. The van der Waals surface area contributed by atoms with Gasteiger partial charge in [0.25, 0.3) is 0 Å². The molecular formula is C16H13ClN2O5S. The molecule has 0 radical (unpaired) electrons. The lowest BCUT2D eigenvalue weighted by atomic mass is 10.2. The van der Waals surface area contributed by atoms with Crippen LogP contribution < -0.4 is 5.32 Å². The summed E-state index contributed by atoms with van der Waals surface area (Å²) in [5, 5.41) is 12.2. The number of carbonyl (C=O) groups excluding carboxylic acids is 2. The predicted molar refractivity (Wildman–Crippen MR) is 93.3 cm³/mol. The van der Waals surface area contributed by atoms with Crippen LogP contribution in [0, 0.1) is 0 Å². The maximum absolute atomic E-state index is 12.1. The molecule has 2 N–H and O–H groups in total. The number of aromatic carboxylic acids is 1. The van der Waals surface area contributed by atoms with E-state index in [2.05, 4.69) is 15.0 Å². The number of carboxylic acids is 1. The van der Waals surface area contributed by atoms with Crippen molar-refractivity contribution in [3.8, 4) is 0 Å². The van der Waals surface area contributed by atoms with Crippen molar-refractivity contribution in [1.29, 1.82) is 0 Å². The molecule has 0 saturated carbocycles. The van der Waals surface area contributed by atoms with E-state index in [0.717, 1.165) is 11.8 Å². The number of aromatic nitrogens is 1. The molecule has 0 spiro atoms. The van der Waals surface area contributed by atoms with Gasteiger partial charge in [0.2, 0.25) is 5.91 Å². The van der Waals surface area contributed by atoms with Crippen LogP contribution in [0.2, 0.25) is 5.02 Å². The molecule has 2 rings (SSSR count). The summed E-state index contributed by atoms with van der Waals surface area (Å²) >= 11 is 6.87. The highest BCUT2D eigenvalue weighted by Crippen LogP contribution is 2.24. The van der Waals surface area contributed by atoms with Crippen LogP contribution in [-0.2, 0) is 9.53 Å². The van der Waals surface area contributed by atoms with Gasteiger partial charge in [-0.05, 0) is 30.3 Å². The first-order valence-corrected chi connectivity index (χ1v) is 8.27. The van der Waals surface area contributed by atoms with E-state index in [1.165, 1.54) is 43.6 Å². The Morgan fingerprint density at radius 1 is 1.28 bits per heavy atom. The van der Waals surface area contributed by atoms with Crippen molar-refractivity contribution in [2.24, 2.45) is 0 Å². The van der Waals surface area contributed by atoms with Gasteiger partial charge in [-0.15, -0.1) is 0 Å². The summed E-state index contributed by atoms with van der Waals surface area (Å²) in [4.78, 5) is 39.0. The van der Waals surface area contributed by atoms with E-state index in [0.29, 0.717) is 5.02 Å². The minimum Gasteiger partial charge on any atom is -0.478 e. The number of halogens is 1. The van der Waals surface area contributed by atoms with Crippen molar-refractivity contribution in [3.63, 3.8) is 0 Å². The Hall–Kier alpha value is -2.58. The Balaban J connectivity index is 2.10. The first-order valence-electron chi connectivity index (χ1n) is 6.91. The Morgan fingerprint density at radius 3 is 2.72 bits per heavy atom. The average molecular weight is 381 g/mol. The van der Waals surface area contributed by atoms with Gasteiger partial charge >= 0.3 is 11.9 Å². The number of benzene rings is 1. The number of nitrogens with zero attached hydrogens (tertiary/aromatic N) is 1. The fraction of sp³-hybridized carbons (Fsp3) is 0.125. The summed E-state index contributed by atoms with van der Waals surface area (Å²) in [6, 6.07) is 7.29. The number of hydrogen-bond acceptors (Lipinski definition) is 6. The minimum absolute atomic E-state index is 0.0123. The van der Waals surface area contributed by atoms with Crippen LogP contribution in [0.1, 0.15) is 20.7 Å². The largest absolute Gasteiger partial charge is 0.478 e. The molecule has 0 aliphatic heterocycles. The first kappa shape index (κ1) is 18.8. The SMILES string of the molecule is COC(=O)c1ccc(Cl)cc1NC(=O)CSc1ncccc1C(=O)O. The molecule has 0 unspecified atom stereocenters. The molecule has 130 valence electrons. The van der Waals surface area contributed by atoms with Crippen molar-refractivity contribution in [3.05, 3.63) is 52.7 Å². The Morgan fingerprint density at radius 2 is 2.04 bits per heavy atom. The van der Waals surface area contributed by atoms with Crippen LogP contribution in [0.4, 0.5) is 5.69 Å². The number of hydrogen-bond donors (Lipinski definition) is 2. The Kier molecular flexibility index (Phi) is 6.37. The van der Waals surface area contributed by atoms with Gasteiger partial charge in [0.05, 0.1) is 29.7 Å². The number of pyridine rings is 1. The van der Waals surface area contributed by atoms with Gasteiger partial charge in [-0.1, -0.05) is 23.4 Å². The molecule has 1 heterocycles. The molecule has 9 heteroatoms. The van der Waals surface area contributed by atoms with E-state index in [4.69, 9.17) is 16.7 Å². The van der Waals surface area contributed by atoms with Crippen LogP contribution >= 0.6 is 23.4 Å². The standard InChI is InChI=1S/C16H13ClN2O5S/c1-24-16(23)10-5-4-9(17)7-12(10)19-13(20)8-25-14-11(15(21)22)3-2-6-18-14/h2-7H,8H2,1H3,(H,19,20)(H,21,22). The number of anilines is 1. The van der Waals surface area contributed by atoms with Gasteiger partial charge in [0, 0.05) is 11.2 Å². The summed E-state index contributed by atoms with van der Waals surface area (Å²) in [7, 11) is 1.23. The Labute approximate surface area is 152 Å². The van der Waals surface area contributed by atoms with Crippen molar-refractivity contribution in [2.75, 3.05) is 18.2 Å². The highest BCUT2D eigenvalue weighted by molar-refractivity contribution is 8.00. The monoisotopic (exact) mass is 380 g/mol. The van der Waals surface area contributed by atoms with Crippen LogP contribution in [-0.4, -0.2) is 40.8 Å². The lowest BCUT2D eigenvalue weighted by Crippen LogP contribution is -2.17. The third kappa shape index (κ3) is 4.94. The molecule has 0 saturated heterocycles. The topological polar surface area (TPSA) is 106 Å². The number of methoxy groups -OCH3 is 1. The molecule has 7 nitrogen and oxygen atoms in total. The number of amides is 1. The van der Waals surface area contributed by atoms with Crippen molar-refractivity contribution < 1.29 is 24.2 Å². The van der Waals surface area contributed by atoms with E-state index >= 15 is 0 Å². The van der Waals surface area contributed by atoms with Gasteiger partial charge in [-0.3, -0.25) is 4.79 Å². The molecule has 0 aliphatic carbocycles. The third-order valence-electron chi connectivity index (χ3n) is 3.00. The van der Waals surface area contributed by atoms with Crippen molar-refractivity contribution >= 4 is 46.9 Å². The number of carboxylic acid groups (broad SMARTS) is 1. The molecule has 0 atom stereocenters.